The van der Waals surface area contributed by atoms with Gasteiger partial charge >= 0.3 is 0 Å². The monoisotopic (exact) mass is 385 g/mol. The Morgan fingerprint density at radius 1 is 1.40 bits per heavy atom. The fraction of sp³-hybridized carbons (Fsp3) is 0.471. The smallest absolute Gasteiger partial charge is 0.253 e. The van der Waals surface area contributed by atoms with Crippen molar-refractivity contribution in [3.8, 4) is 0 Å². The van der Waals surface area contributed by atoms with Gasteiger partial charge in [0.2, 0.25) is 0 Å². The third-order valence-electron chi connectivity index (χ3n) is 4.13. The van der Waals surface area contributed by atoms with E-state index in [0.29, 0.717) is 12.1 Å². The third kappa shape index (κ3) is 4.71. The van der Waals surface area contributed by atoms with Crippen molar-refractivity contribution >= 4 is 41.8 Å². The van der Waals surface area contributed by atoms with Crippen molar-refractivity contribution in [1.29, 1.82) is 0 Å². The summed E-state index contributed by atoms with van der Waals surface area (Å²) in [6.07, 6.45) is 4.90. The summed E-state index contributed by atoms with van der Waals surface area (Å²) in [7, 11) is 0. The van der Waals surface area contributed by atoms with E-state index in [1.807, 2.05) is 17.7 Å². The molecule has 0 unspecified atom stereocenters. The molecule has 2 aromatic rings. The van der Waals surface area contributed by atoms with Gasteiger partial charge in [-0.3, -0.25) is 4.79 Å². The maximum Gasteiger partial charge on any atom is 0.253 e. The number of carbonyl (C=O) groups is 1. The highest BCUT2D eigenvalue weighted by Crippen LogP contribution is 2.19. The molecular weight excluding hydrogens is 361 g/mol. The molecule has 1 aliphatic rings. The lowest BCUT2D eigenvalue weighted by atomic mass is 10.1. The number of carbonyl (C=O) groups excluding carboxylic acids is 1. The molecule has 8 heteroatoms. The van der Waals surface area contributed by atoms with Gasteiger partial charge in [-0.05, 0) is 39.8 Å². The summed E-state index contributed by atoms with van der Waals surface area (Å²) in [5.41, 5.74) is 3.46. The van der Waals surface area contributed by atoms with E-state index in [0.717, 1.165) is 36.2 Å². The first-order chi connectivity index (χ1) is 11.1. The lowest BCUT2D eigenvalue weighted by Gasteiger charge is -2.15. The topological polar surface area (TPSA) is 71.8 Å². The summed E-state index contributed by atoms with van der Waals surface area (Å²) in [6, 6.07) is 2.13. The van der Waals surface area contributed by atoms with Gasteiger partial charge in [0.1, 0.15) is 0 Å². The molecule has 0 spiro atoms. The standard InChI is InChI=1S/C17H23N5O.2ClH/c1-11(2)22-16-14(10-20-22)8-15(12(3)21-16)17(23)19-9-13-4-6-18-7-5-13;;/h4,8,10-11,18H,5-7,9H2,1-3H3,(H,19,23);2*1H. The first-order valence-electron chi connectivity index (χ1n) is 8.08. The van der Waals surface area contributed by atoms with E-state index in [-0.39, 0.29) is 36.8 Å². The second-order valence-corrected chi connectivity index (χ2v) is 6.22. The summed E-state index contributed by atoms with van der Waals surface area (Å²) in [4.78, 5) is 17.1. The predicted octanol–water partition coefficient (Wildman–Crippen LogP) is 2.81. The molecule has 2 N–H and O–H groups in total. The number of aromatic nitrogens is 3. The van der Waals surface area contributed by atoms with Gasteiger partial charge in [-0.25, -0.2) is 9.67 Å². The zero-order valence-corrected chi connectivity index (χ0v) is 16.3. The number of nitrogens with zero attached hydrogens (tertiary/aromatic N) is 3. The van der Waals surface area contributed by atoms with Crippen LogP contribution in [0.1, 0.15) is 42.4 Å². The van der Waals surface area contributed by atoms with Crippen molar-refractivity contribution < 1.29 is 4.79 Å². The predicted molar refractivity (Wildman–Crippen MR) is 105 cm³/mol. The van der Waals surface area contributed by atoms with Crippen molar-refractivity contribution in [2.24, 2.45) is 0 Å². The van der Waals surface area contributed by atoms with Crippen LogP contribution in [0.3, 0.4) is 0 Å². The second kappa shape index (κ2) is 9.17. The number of amides is 1. The molecule has 1 amide bonds. The quantitative estimate of drug-likeness (QED) is 0.793. The first-order valence-corrected chi connectivity index (χ1v) is 8.08. The van der Waals surface area contributed by atoms with Gasteiger partial charge in [0.15, 0.2) is 5.65 Å². The Labute approximate surface area is 160 Å². The molecule has 0 bridgehead atoms. The van der Waals surface area contributed by atoms with Crippen LogP contribution < -0.4 is 10.6 Å². The van der Waals surface area contributed by atoms with Crippen LogP contribution in [-0.4, -0.2) is 40.3 Å². The summed E-state index contributed by atoms with van der Waals surface area (Å²) in [6.45, 7) is 8.46. The molecule has 3 heterocycles. The largest absolute Gasteiger partial charge is 0.348 e. The van der Waals surface area contributed by atoms with Crippen molar-refractivity contribution in [1.82, 2.24) is 25.4 Å². The van der Waals surface area contributed by atoms with Gasteiger partial charge in [0.05, 0.1) is 17.5 Å². The Morgan fingerprint density at radius 3 is 2.80 bits per heavy atom. The Balaban J connectivity index is 0.00000156. The number of pyridine rings is 1. The van der Waals surface area contributed by atoms with E-state index in [1.165, 1.54) is 5.57 Å². The van der Waals surface area contributed by atoms with Crippen LogP contribution in [0, 0.1) is 6.92 Å². The maximum atomic E-state index is 12.5. The molecule has 0 radical (unpaired) electrons. The van der Waals surface area contributed by atoms with Crippen LogP contribution >= 0.6 is 24.8 Å². The number of nitrogens with one attached hydrogen (secondary N) is 2. The summed E-state index contributed by atoms with van der Waals surface area (Å²) in [5, 5.41) is 11.5. The van der Waals surface area contributed by atoms with E-state index in [9.17, 15) is 4.79 Å². The molecule has 0 fully saturated rings. The number of hydrogen-bond acceptors (Lipinski definition) is 4. The minimum Gasteiger partial charge on any atom is -0.348 e. The van der Waals surface area contributed by atoms with E-state index in [4.69, 9.17) is 0 Å². The zero-order valence-electron chi connectivity index (χ0n) is 14.7. The van der Waals surface area contributed by atoms with Crippen LogP contribution in [0.4, 0.5) is 0 Å². The molecule has 0 saturated heterocycles. The van der Waals surface area contributed by atoms with Gasteiger partial charge in [0, 0.05) is 24.5 Å². The van der Waals surface area contributed by atoms with Crippen LogP contribution in [0.15, 0.2) is 23.9 Å². The minimum atomic E-state index is -0.0753. The normalized spacial score (nSPS) is 13.8. The van der Waals surface area contributed by atoms with Crippen molar-refractivity contribution in [3.05, 3.63) is 35.2 Å². The van der Waals surface area contributed by atoms with Crippen molar-refractivity contribution in [2.75, 3.05) is 19.6 Å². The number of aryl methyl sites for hydroxylation is 1. The highest BCUT2D eigenvalue weighted by Gasteiger charge is 2.15. The number of hydrogen-bond donors (Lipinski definition) is 2. The summed E-state index contributed by atoms with van der Waals surface area (Å²) >= 11 is 0. The Bertz CT molecular complexity index is 770. The Kier molecular flexibility index (Phi) is 7.86. The molecular formula is C17H25Cl2N5O. The van der Waals surface area contributed by atoms with Gasteiger partial charge < -0.3 is 10.6 Å². The van der Waals surface area contributed by atoms with Crippen LogP contribution in [0.25, 0.3) is 11.0 Å². The average molecular weight is 386 g/mol. The molecule has 3 rings (SSSR count). The second-order valence-electron chi connectivity index (χ2n) is 6.22. The molecule has 0 saturated carbocycles. The fourth-order valence-corrected chi connectivity index (χ4v) is 2.79. The highest BCUT2D eigenvalue weighted by molar-refractivity contribution is 5.98. The van der Waals surface area contributed by atoms with Gasteiger partial charge in [0.25, 0.3) is 5.91 Å². The zero-order chi connectivity index (χ0) is 16.4. The Hall–Kier alpha value is -1.63. The van der Waals surface area contributed by atoms with Crippen LogP contribution in [0.5, 0.6) is 0 Å². The van der Waals surface area contributed by atoms with Gasteiger partial charge in [-0.1, -0.05) is 11.6 Å². The van der Waals surface area contributed by atoms with Gasteiger partial charge in [-0.15, -0.1) is 24.8 Å². The van der Waals surface area contributed by atoms with E-state index in [2.05, 4.69) is 40.6 Å². The molecule has 1 aliphatic heterocycles. The Morgan fingerprint density at radius 2 is 2.16 bits per heavy atom. The molecule has 0 aromatic carbocycles. The number of halogens is 2. The third-order valence-corrected chi connectivity index (χ3v) is 4.13. The van der Waals surface area contributed by atoms with Crippen LogP contribution in [-0.2, 0) is 0 Å². The minimum absolute atomic E-state index is 0. The van der Waals surface area contributed by atoms with Gasteiger partial charge in [-0.2, -0.15) is 5.10 Å². The number of fused-ring (bicyclic) bond motifs is 1. The fourth-order valence-electron chi connectivity index (χ4n) is 2.79. The first kappa shape index (κ1) is 21.4. The molecule has 138 valence electrons. The molecule has 2 aromatic heterocycles. The lowest BCUT2D eigenvalue weighted by Crippen LogP contribution is -2.30. The van der Waals surface area contributed by atoms with Crippen molar-refractivity contribution in [2.45, 2.75) is 33.2 Å². The number of rotatable bonds is 4. The molecule has 25 heavy (non-hydrogen) atoms. The summed E-state index contributed by atoms with van der Waals surface area (Å²) < 4.78 is 1.88. The highest BCUT2D eigenvalue weighted by atomic mass is 35.5. The van der Waals surface area contributed by atoms with Crippen LogP contribution in [0.2, 0.25) is 0 Å². The summed E-state index contributed by atoms with van der Waals surface area (Å²) in [5.74, 6) is -0.0753. The molecule has 0 aliphatic carbocycles. The SMILES string of the molecule is Cc1nc2c(cnn2C(C)C)cc1C(=O)NCC1=CCNCC1.Cl.Cl. The lowest BCUT2D eigenvalue weighted by molar-refractivity contribution is 0.0955. The average Bonchev–Trinajstić information content (AvgIpc) is 2.95. The maximum absolute atomic E-state index is 12.5. The molecule has 6 nitrogen and oxygen atoms in total. The van der Waals surface area contributed by atoms with E-state index < -0.39 is 0 Å². The van der Waals surface area contributed by atoms with E-state index in [1.54, 1.807) is 6.20 Å². The van der Waals surface area contributed by atoms with E-state index >= 15 is 0 Å². The molecule has 0 atom stereocenters. The van der Waals surface area contributed by atoms with Crippen molar-refractivity contribution in [3.63, 3.8) is 0 Å².